The average molecular weight is 444 g/mol. The Bertz CT molecular complexity index is 1080. The Balaban J connectivity index is 2.31. The molecule has 1 heterocycles. The third-order valence-corrected chi connectivity index (χ3v) is 7.05. The standard InChI is InChI=1S/C19H22F2N2O6S/c1-12-15(13-4-6-14(7-5-13)29-18(20)21)8-10-23(16(12)24)11-9-19(2,17(25)22-26)30(3,27)28/h4-8,10,18,26H,9,11H2,1-3H3,(H,22,25)/t19-/m1/s1. The van der Waals surface area contributed by atoms with E-state index in [1.54, 1.807) is 13.0 Å². The number of nitrogens with zero attached hydrogens (tertiary/aromatic N) is 1. The molecule has 1 amide bonds. The van der Waals surface area contributed by atoms with Gasteiger partial charge in [0.05, 0.1) is 0 Å². The second-order valence-corrected chi connectivity index (χ2v) is 9.40. The van der Waals surface area contributed by atoms with Crippen molar-refractivity contribution in [2.75, 3.05) is 6.26 Å². The number of hydrogen-bond acceptors (Lipinski definition) is 6. The number of amides is 1. The minimum absolute atomic E-state index is 0.0121. The third-order valence-electron chi connectivity index (χ3n) is 5.03. The molecule has 2 rings (SSSR count). The molecule has 11 heteroatoms. The van der Waals surface area contributed by atoms with E-state index in [0.717, 1.165) is 6.26 Å². The highest BCUT2D eigenvalue weighted by Crippen LogP contribution is 2.25. The minimum Gasteiger partial charge on any atom is -0.435 e. The molecule has 164 valence electrons. The van der Waals surface area contributed by atoms with Gasteiger partial charge in [-0.05, 0) is 49.6 Å². The predicted molar refractivity (Wildman–Crippen MR) is 105 cm³/mol. The molecule has 0 fully saturated rings. The Morgan fingerprint density at radius 1 is 1.27 bits per heavy atom. The number of ether oxygens (including phenoxy) is 1. The average Bonchev–Trinajstić information content (AvgIpc) is 2.67. The molecule has 0 bridgehead atoms. The van der Waals surface area contributed by atoms with E-state index in [-0.39, 0.29) is 18.7 Å². The number of aromatic nitrogens is 1. The third kappa shape index (κ3) is 4.85. The summed E-state index contributed by atoms with van der Waals surface area (Å²) >= 11 is 0. The highest BCUT2D eigenvalue weighted by molar-refractivity contribution is 7.92. The molecule has 2 aromatic rings. The quantitative estimate of drug-likeness (QED) is 0.476. The van der Waals surface area contributed by atoms with Crippen molar-refractivity contribution in [1.29, 1.82) is 0 Å². The highest BCUT2D eigenvalue weighted by Gasteiger charge is 2.43. The van der Waals surface area contributed by atoms with Gasteiger partial charge in [0.15, 0.2) is 14.6 Å². The Hall–Kier alpha value is -2.79. The van der Waals surface area contributed by atoms with Gasteiger partial charge in [0, 0.05) is 24.6 Å². The number of alkyl halides is 2. The van der Waals surface area contributed by atoms with E-state index in [0.29, 0.717) is 16.7 Å². The first-order valence-corrected chi connectivity index (χ1v) is 10.7. The molecule has 1 atom stereocenters. The van der Waals surface area contributed by atoms with E-state index in [1.807, 2.05) is 0 Å². The number of carbonyl (C=O) groups is 1. The maximum absolute atomic E-state index is 12.7. The lowest BCUT2D eigenvalue weighted by Gasteiger charge is -2.25. The molecule has 30 heavy (non-hydrogen) atoms. The van der Waals surface area contributed by atoms with Crippen molar-refractivity contribution in [1.82, 2.24) is 10.0 Å². The molecule has 0 aliphatic rings. The molecule has 8 nitrogen and oxygen atoms in total. The largest absolute Gasteiger partial charge is 0.435 e. The molecule has 0 spiro atoms. The van der Waals surface area contributed by atoms with Crippen LogP contribution in [0.15, 0.2) is 41.3 Å². The van der Waals surface area contributed by atoms with Crippen LogP contribution >= 0.6 is 0 Å². The minimum atomic E-state index is -3.89. The fourth-order valence-corrected chi connectivity index (χ4v) is 3.76. The van der Waals surface area contributed by atoms with E-state index in [1.165, 1.54) is 47.4 Å². The van der Waals surface area contributed by atoms with Crippen molar-refractivity contribution in [2.45, 2.75) is 38.2 Å². The zero-order valence-corrected chi connectivity index (χ0v) is 17.4. The molecule has 1 aromatic heterocycles. The molecule has 0 aliphatic heterocycles. The predicted octanol–water partition coefficient (Wildman–Crippen LogP) is 2.12. The fourth-order valence-electron chi connectivity index (χ4n) is 2.91. The van der Waals surface area contributed by atoms with E-state index in [2.05, 4.69) is 4.74 Å². The topological polar surface area (TPSA) is 115 Å². The van der Waals surface area contributed by atoms with E-state index >= 15 is 0 Å². The molecule has 0 saturated carbocycles. The molecular formula is C19H22F2N2O6S. The van der Waals surface area contributed by atoms with E-state index in [9.17, 15) is 26.8 Å². The maximum Gasteiger partial charge on any atom is 0.387 e. The van der Waals surface area contributed by atoms with Crippen molar-refractivity contribution >= 4 is 15.7 Å². The number of sulfone groups is 1. The van der Waals surface area contributed by atoms with Gasteiger partial charge in [-0.1, -0.05) is 12.1 Å². The van der Waals surface area contributed by atoms with Crippen molar-refractivity contribution < 1.29 is 31.9 Å². The lowest BCUT2D eigenvalue weighted by Crippen LogP contribution is -2.50. The summed E-state index contributed by atoms with van der Waals surface area (Å²) < 4.78 is 52.3. The van der Waals surface area contributed by atoms with Crippen molar-refractivity contribution in [2.24, 2.45) is 0 Å². The van der Waals surface area contributed by atoms with Crippen LogP contribution in [0.2, 0.25) is 0 Å². The maximum atomic E-state index is 12.7. The Kier molecular flexibility index (Phi) is 6.99. The summed E-state index contributed by atoms with van der Waals surface area (Å²) in [6.45, 7) is -0.276. The number of hydroxylamine groups is 1. The number of aryl methyl sites for hydroxylation is 1. The van der Waals surface area contributed by atoms with Crippen LogP contribution in [0.3, 0.4) is 0 Å². The number of carbonyl (C=O) groups excluding carboxylic acids is 1. The lowest BCUT2D eigenvalue weighted by molar-refractivity contribution is -0.131. The van der Waals surface area contributed by atoms with Crippen molar-refractivity contribution in [3.63, 3.8) is 0 Å². The van der Waals surface area contributed by atoms with E-state index in [4.69, 9.17) is 5.21 Å². The number of hydrogen-bond donors (Lipinski definition) is 2. The van der Waals surface area contributed by atoms with Crippen LogP contribution in [0.5, 0.6) is 5.75 Å². The van der Waals surface area contributed by atoms with Crippen LogP contribution in [-0.2, 0) is 21.2 Å². The monoisotopic (exact) mass is 444 g/mol. The van der Waals surface area contributed by atoms with Crippen LogP contribution in [0.1, 0.15) is 18.9 Å². The molecule has 0 unspecified atom stereocenters. The van der Waals surface area contributed by atoms with Gasteiger partial charge in [-0.15, -0.1) is 0 Å². The zero-order chi connectivity index (χ0) is 22.7. The zero-order valence-electron chi connectivity index (χ0n) is 16.6. The Morgan fingerprint density at radius 2 is 1.87 bits per heavy atom. The van der Waals surface area contributed by atoms with Crippen molar-refractivity contribution in [3.8, 4) is 16.9 Å². The molecule has 0 radical (unpaired) electrons. The number of nitrogens with one attached hydrogen (secondary N) is 1. The number of halogens is 2. The van der Waals surface area contributed by atoms with Crippen LogP contribution in [0, 0.1) is 6.92 Å². The van der Waals surface area contributed by atoms with Gasteiger partial charge in [0.25, 0.3) is 11.5 Å². The van der Waals surface area contributed by atoms with Crippen LogP contribution in [-0.4, -0.2) is 41.7 Å². The summed E-state index contributed by atoms with van der Waals surface area (Å²) in [6, 6.07) is 7.42. The van der Waals surface area contributed by atoms with Crippen LogP contribution in [0.4, 0.5) is 8.78 Å². The molecular weight excluding hydrogens is 422 g/mol. The summed E-state index contributed by atoms with van der Waals surface area (Å²) in [6.07, 6.45) is 2.09. The summed E-state index contributed by atoms with van der Waals surface area (Å²) in [7, 11) is -3.89. The van der Waals surface area contributed by atoms with Gasteiger partial charge >= 0.3 is 6.61 Å². The van der Waals surface area contributed by atoms with Gasteiger partial charge in [-0.25, -0.2) is 13.9 Å². The number of rotatable bonds is 8. The second kappa shape index (κ2) is 8.92. The first-order valence-electron chi connectivity index (χ1n) is 8.80. The van der Waals surface area contributed by atoms with Crippen LogP contribution < -0.4 is 15.8 Å². The van der Waals surface area contributed by atoms with E-state index < -0.39 is 32.7 Å². The smallest absolute Gasteiger partial charge is 0.387 e. The van der Waals surface area contributed by atoms with Gasteiger partial charge in [0.1, 0.15) is 5.75 Å². The Labute approximate surface area is 172 Å². The highest BCUT2D eigenvalue weighted by atomic mass is 32.2. The van der Waals surface area contributed by atoms with Crippen molar-refractivity contribution in [3.05, 3.63) is 52.4 Å². The summed E-state index contributed by atoms with van der Waals surface area (Å²) in [5.74, 6) is -1.10. The van der Waals surface area contributed by atoms with Crippen LogP contribution in [0.25, 0.3) is 11.1 Å². The number of pyridine rings is 1. The SMILES string of the molecule is Cc1c(-c2ccc(OC(F)F)cc2)ccn(CC[C@](C)(C(=O)NO)S(C)(=O)=O)c1=O. The first-order chi connectivity index (χ1) is 13.9. The molecule has 2 N–H and O–H groups in total. The molecule has 1 aromatic carbocycles. The summed E-state index contributed by atoms with van der Waals surface area (Å²) in [5, 5.41) is 8.88. The molecule has 0 aliphatic carbocycles. The van der Waals surface area contributed by atoms with Gasteiger partial charge in [-0.3, -0.25) is 14.8 Å². The molecule has 0 saturated heterocycles. The number of benzene rings is 1. The fraction of sp³-hybridized carbons (Fsp3) is 0.368. The summed E-state index contributed by atoms with van der Waals surface area (Å²) in [5.41, 5.74) is 2.49. The normalized spacial score (nSPS) is 13.7. The Morgan fingerprint density at radius 3 is 2.37 bits per heavy atom. The van der Waals surface area contributed by atoms with Gasteiger partial charge in [-0.2, -0.15) is 8.78 Å². The summed E-state index contributed by atoms with van der Waals surface area (Å²) in [4.78, 5) is 24.6. The first kappa shape index (κ1) is 23.5. The second-order valence-electron chi connectivity index (χ2n) is 6.95. The van der Waals surface area contributed by atoms with Gasteiger partial charge < -0.3 is 9.30 Å². The van der Waals surface area contributed by atoms with Gasteiger partial charge in [0.2, 0.25) is 0 Å². The lowest BCUT2D eigenvalue weighted by atomic mass is 10.0.